The number of nitrogens with one attached hydrogen (secondary N) is 1. The minimum absolute atomic E-state index is 0.206. The zero-order valence-corrected chi connectivity index (χ0v) is 19.9. The summed E-state index contributed by atoms with van der Waals surface area (Å²) in [6.07, 6.45) is 1.17. The Balaban J connectivity index is 1.78. The van der Waals surface area contributed by atoms with E-state index in [9.17, 15) is 13.2 Å². The zero-order chi connectivity index (χ0) is 24.0. The topological polar surface area (TPSA) is 84.9 Å². The van der Waals surface area contributed by atoms with E-state index in [1.807, 2.05) is 43.3 Å². The number of methoxy groups -OCH3 is 2. The molecule has 174 valence electrons. The van der Waals surface area contributed by atoms with Crippen molar-refractivity contribution in [1.29, 1.82) is 0 Å². The molecule has 0 radical (unpaired) electrons. The number of nitrogens with zero attached hydrogens (tertiary/aromatic N) is 1. The van der Waals surface area contributed by atoms with Crippen LogP contribution in [0.25, 0.3) is 0 Å². The van der Waals surface area contributed by atoms with Gasteiger partial charge in [0.1, 0.15) is 11.5 Å². The van der Waals surface area contributed by atoms with E-state index in [-0.39, 0.29) is 18.5 Å². The van der Waals surface area contributed by atoms with Gasteiger partial charge in [0.25, 0.3) is 5.91 Å². The summed E-state index contributed by atoms with van der Waals surface area (Å²) in [5, 5.41) is 2.95. The predicted molar refractivity (Wildman–Crippen MR) is 129 cm³/mol. The van der Waals surface area contributed by atoms with Crippen molar-refractivity contribution < 1.29 is 22.7 Å². The minimum Gasteiger partial charge on any atom is -0.497 e. The van der Waals surface area contributed by atoms with Crippen LogP contribution in [0.5, 0.6) is 11.5 Å². The molecule has 3 aromatic carbocycles. The van der Waals surface area contributed by atoms with Crippen molar-refractivity contribution >= 4 is 21.6 Å². The number of anilines is 1. The maximum absolute atomic E-state index is 12.8. The summed E-state index contributed by atoms with van der Waals surface area (Å²) in [6, 6.07) is 20.9. The van der Waals surface area contributed by atoms with Crippen molar-refractivity contribution in [1.82, 2.24) is 5.32 Å². The fourth-order valence-electron chi connectivity index (χ4n) is 3.46. The summed E-state index contributed by atoms with van der Waals surface area (Å²) in [4.78, 5) is 12.8. The number of amides is 1. The molecular formula is C25H28N2O5S. The van der Waals surface area contributed by atoms with E-state index < -0.39 is 10.0 Å². The second kappa shape index (κ2) is 10.4. The van der Waals surface area contributed by atoms with Gasteiger partial charge in [-0.15, -0.1) is 0 Å². The highest BCUT2D eigenvalue weighted by atomic mass is 32.2. The lowest BCUT2D eigenvalue weighted by Gasteiger charge is -2.23. The van der Waals surface area contributed by atoms with Crippen molar-refractivity contribution in [3.8, 4) is 11.5 Å². The van der Waals surface area contributed by atoms with Crippen molar-refractivity contribution in [2.75, 3.05) is 24.8 Å². The molecule has 0 spiro atoms. The maximum atomic E-state index is 12.8. The first-order valence-electron chi connectivity index (χ1n) is 10.4. The second-order valence-electron chi connectivity index (χ2n) is 7.61. The number of carbonyl (C=O) groups is 1. The first-order valence-corrected chi connectivity index (χ1v) is 12.2. The molecule has 0 bridgehead atoms. The fourth-order valence-corrected chi connectivity index (χ4v) is 4.35. The van der Waals surface area contributed by atoms with Gasteiger partial charge in [0, 0.05) is 11.1 Å². The molecule has 0 saturated heterocycles. The van der Waals surface area contributed by atoms with Crippen molar-refractivity contribution in [2.24, 2.45) is 0 Å². The van der Waals surface area contributed by atoms with Crippen LogP contribution >= 0.6 is 0 Å². The van der Waals surface area contributed by atoms with Gasteiger partial charge >= 0.3 is 0 Å². The van der Waals surface area contributed by atoms with Gasteiger partial charge in [-0.05, 0) is 55.0 Å². The molecular weight excluding hydrogens is 440 g/mol. The molecule has 1 amide bonds. The van der Waals surface area contributed by atoms with E-state index in [1.165, 1.54) is 10.6 Å². The lowest BCUT2D eigenvalue weighted by Crippen LogP contribution is -2.29. The maximum Gasteiger partial charge on any atom is 0.251 e. The predicted octanol–water partition coefficient (Wildman–Crippen LogP) is 4.16. The standard InChI is InChI=1S/C25H28N2O5S/c1-18(23-16-22(31-2)14-15-24(23)32-3)26-25(28)20-10-12-21(13-11-20)27(33(4,29)30)17-19-8-6-5-7-9-19/h5-16,18H,17H2,1-4H3,(H,26,28)/t18-/m1/s1. The molecule has 0 fully saturated rings. The van der Waals surface area contributed by atoms with Gasteiger partial charge in [-0.25, -0.2) is 8.42 Å². The highest BCUT2D eigenvalue weighted by Crippen LogP contribution is 2.29. The normalized spacial score (nSPS) is 12.0. The average Bonchev–Trinajstić information content (AvgIpc) is 2.82. The Hall–Kier alpha value is -3.52. The molecule has 0 unspecified atom stereocenters. The van der Waals surface area contributed by atoms with Gasteiger partial charge in [-0.2, -0.15) is 0 Å². The van der Waals surface area contributed by atoms with E-state index in [1.54, 1.807) is 50.6 Å². The number of hydrogen-bond donors (Lipinski definition) is 1. The van der Waals surface area contributed by atoms with Crippen LogP contribution in [0.1, 0.15) is 34.5 Å². The number of ether oxygens (including phenoxy) is 2. The van der Waals surface area contributed by atoms with Crippen LogP contribution in [0.4, 0.5) is 5.69 Å². The minimum atomic E-state index is -3.51. The Labute approximate surface area is 195 Å². The first-order chi connectivity index (χ1) is 15.7. The molecule has 0 saturated carbocycles. The number of sulfonamides is 1. The van der Waals surface area contributed by atoms with E-state index >= 15 is 0 Å². The molecule has 0 aliphatic heterocycles. The van der Waals surface area contributed by atoms with E-state index in [4.69, 9.17) is 9.47 Å². The van der Waals surface area contributed by atoms with Crippen LogP contribution in [-0.2, 0) is 16.6 Å². The summed E-state index contributed by atoms with van der Waals surface area (Å²) in [5.41, 5.74) is 2.56. The van der Waals surface area contributed by atoms with Crippen LogP contribution in [0.3, 0.4) is 0 Å². The SMILES string of the molecule is COc1ccc(OC)c([C@@H](C)NC(=O)c2ccc(N(Cc3ccccc3)S(C)(=O)=O)cc2)c1. The third kappa shape index (κ3) is 6.04. The molecule has 8 heteroatoms. The molecule has 0 aromatic heterocycles. The Morgan fingerprint density at radius 1 is 0.970 bits per heavy atom. The summed E-state index contributed by atoms with van der Waals surface area (Å²) >= 11 is 0. The number of carbonyl (C=O) groups excluding carboxylic acids is 1. The van der Waals surface area contributed by atoms with E-state index in [0.29, 0.717) is 22.7 Å². The Kier molecular flexibility index (Phi) is 7.60. The van der Waals surface area contributed by atoms with Gasteiger partial charge in [-0.3, -0.25) is 9.10 Å². The van der Waals surface area contributed by atoms with Gasteiger partial charge in [0.2, 0.25) is 10.0 Å². The molecule has 3 rings (SSSR count). The lowest BCUT2D eigenvalue weighted by atomic mass is 10.1. The first kappa shape index (κ1) is 24.1. The Morgan fingerprint density at radius 2 is 1.64 bits per heavy atom. The molecule has 1 atom stereocenters. The smallest absolute Gasteiger partial charge is 0.251 e. The molecule has 0 heterocycles. The van der Waals surface area contributed by atoms with Crippen molar-refractivity contribution in [3.63, 3.8) is 0 Å². The number of benzene rings is 3. The van der Waals surface area contributed by atoms with Crippen molar-refractivity contribution in [2.45, 2.75) is 19.5 Å². The molecule has 7 nitrogen and oxygen atoms in total. The largest absolute Gasteiger partial charge is 0.497 e. The zero-order valence-electron chi connectivity index (χ0n) is 19.1. The number of hydrogen-bond acceptors (Lipinski definition) is 5. The lowest BCUT2D eigenvalue weighted by molar-refractivity contribution is 0.0939. The quantitative estimate of drug-likeness (QED) is 0.510. The average molecular weight is 469 g/mol. The van der Waals surface area contributed by atoms with Crippen molar-refractivity contribution in [3.05, 3.63) is 89.5 Å². The van der Waals surface area contributed by atoms with E-state index in [2.05, 4.69) is 5.32 Å². The summed E-state index contributed by atoms with van der Waals surface area (Å²) in [5.74, 6) is 1.02. The van der Waals surface area contributed by atoms with Gasteiger partial charge in [-0.1, -0.05) is 30.3 Å². The molecule has 1 N–H and O–H groups in total. The second-order valence-corrected chi connectivity index (χ2v) is 9.51. The third-order valence-corrected chi connectivity index (χ3v) is 6.38. The highest BCUT2D eigenvalue weighted by Gasteiger charge is 2.20. The number of rotatable bonds is 9. The van der Waals surface area contributed by atoms with Crippen LogP contribution < -0.4 is 19.1 Å². The van der Waals surface area contributed by atoms with Gasteiger partial charge < -0.3 is 14.8 Å². The summed E-state index contributed by atoms with van der Waals surface area (Å²) in [7, 11) is -0.363. The monoisotopic (exact) mass is 468 g/mol. The Bertz CT molecular complexity index is 1200. The fraction of sp³-hybridized carbons (Fsp3) is 0.240. The van der Waals surface area contributed by atoms with Crippen LogP contribution in [0, 0.1) is 0 Å². The molecule has 0 aliphatic rings. The third-order valence-electron chi connectivity index (χ3n) is 5.24. The van der Waals surface area contributed by atoms with Gasteiger partial charge in [0.05, 0.1) is 38.7 Å². The summed E-state index contributed by atoms with van der Waals surface area (Å²) < 4.78 is 36.8. The Morgan fingerprint density at radius 3 is 2.21 bits per heavy atom. The highest BCUT2D eigenvalue weighted by molar-refractivity contribution is 7.92. The summed E-state index contributed by atoms with van der Waals surface area (Å²) in [6.45, 7) is 2.06. The molecule has 0 aliphatic carbocycles. The van der Waals surface area contributed by atoms with Crippen LogP contribution in [0.2, 0.25) is 0 Å². The van der Waals surface area contributed by atoms with Gasteiger partial charge in [0.15, 0.2) is 0 Å². The van der Waals surface area contributed by atoms with Crippen LogP contribution in [-0.4, -0.2) is 34.8 Å². The molecule has 3 aromatic rings. The van der Waals surface area contributed by atoms with Crippen LogP contribution in [0.15, 0.2) is 72.8 Å². The molecule has 33 heavy (non-hydrogen) atoms. The van der Waals surface area contributed by atoms with E-state index in [0.717, 1.165) is 11.1 Å².